The van der Waals surface area contributed by atoms with Gasteiger partial charge in [-0.2, -0.15) is 0 Å². The maximum absolute atomic E-state index is 10.2. The summed E-state index contributed by atoms with van der Waals surface area (Å²) in [6.07, 6.45) is 0. The predicted octanol–water partition coefficient (Wildman–Crippen LogP) is -2.58. The molecule has 0 aliphatic heterocycles. The SMILES string of the molecule is O=c1c([O-])c(O)c(=O)c1=O. The van der Waals surface area contributed by atoms with Crippen molar-refractivity contribution in [3.8, 4) is 11.5 Å². The average Bonchev–Trinajstić information content (AvgIpc) is 2.07. The fraction of sp³-hybridized carbons (Fsp3) is 0. The van der Waals surface area contributed by atoms with Gasteiger partial charge in [0.2, 0.25) is 5.43 Å². The average molecular weight is 141 g/mol. The van der Waals surface area contributed by atoms with Crippen molar-refractivity contribution in [2.45, 2.75) is 0 Å². The molecule has 1 aromatic carbocycles. The zero-order chi connectivity index (χ0) is 7.89. The van der Waals surface area contributed by atoms with Crippen molar-refractivity contribution in [1.82, 2.24) is 0 Å². The lowest BCUT2D eigenvalue weighted by atomic mass is 10.5. The summed E-state index contributed by atoms with van der Waals surface area (Å²) in [5.74, 6) is -2.68. The fourth-order valence-electron chi connectivity index (χ4n) is 0.524. The minimum Gasteiger partial charge on any atom is -0.867 e. The van der Waals surface area contributed by atoms with E-state index in [4.69, 9.17) is 5.11 Å². The van der Waals surface area contributed by atoms with Gasteiger partial charge >= 0.3 is 0 Å². The third-order valence-electron chi connectivity index (χ3n) is 1.05. The summed E-state index contributed by atoms with van der Waals surface area (Å²) in [5.41, 5.74) is -4.32. The van der Waals surface area contributed by atoms with Crippen LogP contribution in [0.4, 0.5) is 0 Å². The van der Waals surface area contributed by atoms with Crippen LogP contribution in [0, 0.1) is 0 Å². The van der Waals surface area contributed by atoms with Crippen LogP contribution in [-0.4, -0.2) is 5.11 Å². The molecule has 0 radical (unpaired) electrons. The third kappa shape index (κ3) is 0.540. The molecule has 0 atom stereocenters. The van der Waals surface area contributed by atoms with Crippen molar-refractivity contribution in [3.05, 3.63) is 30.7 Å². The number of hydrogen-bond donors (Lipinski definition) is 1. The molecule has 0 bridgehead atoms. The summed E-state index contributed by atoms with van der Waals surface area (Å²) < 4.78 is 0. The van der Waals surface area contributed by atoms with Crippen molar-refractivity contribution in [1.29, 1.82) is 0 Å². The van der Waals surface area contributed by atoms with E-state index in [0.717, 1.165) is 0 Å². The van der Waals surface area contributed by atoms with E-state index in [-0.39, 0.29) is 0 Å². The summed E-state index contributed by atoms with van der Waals surface area (Å²) in [4.78, 5) is 30.7. The van der Waals surface area contributed by atoms with Crippen LogP contribution in [0.3, 0.4) is 0 Å². The Hall–Kier alpha value is -1.65. The highest BCUT2D eigenvalue weighted by Gasteiger charge is 2.10. The van der Waals surface area contributed by atoms with Gasteiger partial charge < -0.3 is 10.2 Å². The van der Waals surface area contributed by atoms with Crippen molar-refractivity contribution >= 4 is 0 Å². The summed E-state index contributed by atoms with van der Waals surface area (Å²) >= 11 is 0. The van der Waals surface area contributed by atoms with Crippen LogP contribution in [0.15, 0.2) is 14.4 Å². The van der Waals surface area contributed by atoms with Crippen LogP contribution < -0.4 is 21.4 Å². The molecule has 0 saturated heterocycles. The van der Waals surface area contributed by atoms with Crippen molar-refractivity contribution in [2.75, 3.05) is 0 Å². The Labute approximate surface area is 53.5 Å². The largest absolute Gasteiger partial charge is 0.867 e. The fourth-order valence-corrected chi connectivity index (χ4v) is 0.524. The zero-order valence-corrected chi connectivity index (χ0v) is 4.58. The topological polar surface area (TPSA) is 94.5 Å². The van der Waals surface area contributed by atoms with Crippen LogP contribution >= 0.6 is 0 Å². The van der Waals surface area contributed by atoms with E-state index >= 15 is 0 Å². The van der Waals surface area contributed by atoms with Gasteiger partial charge in [-0.3, -0.25) is 14.4 Å². The molecule has 10 heavy (non-hydrogen) atoms. The van der Waals surface area contributed by atoms with E-state index in [2.05, 4.69) is 0 Å². The molecular weight excluding hydrogens is 140 g/mol. The highest BCUT2D eigenvalue weighted by molar-refractivity contribution is 5.37. The number of hydrogen-bond acceptors (Lipinski definition) is 5. The van der Waals surface area contributed by atoms with E-state index in [1.165, 1.54) is 0 Å². The molecule has 0 aromatic heterocycles. The highest BCUT2D eigenvalue weighted by Crippen LogP contribution is 2.05. The lowest BCUT2D eigenvalue weighted by molar-refractivity contribution is -0.271. The Bertz CT molecular complexity index is 358. The standard InChI is InChI=1S/C5H2O5/c6-1-2(7)4(9)5(10)3(1)8/h6-7H/p-1. The second-order valence-electron chi connectivity index (χ2n) is 1.67. The summed E-state index contributed by atoms with van der Waals surface area (Å²) in [6.45, 7) is 0. The van der Waals surface area contributed by atoms with Crippen LogP contribution in [0.1, 0.15) is 0 Å². The van der Waals surface area contributed by atoms with Gasteiger partial charge in [-0.25, -0.2) is 0 Å². The van der Waals surface area contributed by atoms with Crippen molar-refractivity contribution in [3.63, 3.8) is 0 Å². The molecule has 0 unspecified atom stereocenters. The van der Waals surface area contributed by atoms with Gasteiger partial charge in [-0.1, -0.05) is 0 Å². The van der Waals surface area contributed by atoms with Crippen LogP contribution in [0.25, 0.3) is 0 Å². The summed E-state index contributed by atoms with van der Waals surface area (Å²) in [7, 11) is 0. The summed E-state index contributed by atoms with van der Waals surface area (Å²) in [6, 6.07) is 0. The lowest BCUT2D eigenvalue weighted by Crippen LogP contribution is -2.29. The molecule has 5 heteroatoms. The molecular formula is C5HO5-. The molecule has 0 aliphatic carbocycles. The Kier molecular flexibility index (Phi) is 1.08. The van der Waals surface area contributed by atoms with Gasteiger partial charge in [0.15, 0.2) is 5.75 Å². The quantitative estimate of drug-likeness (QED) is 0.400. The second-order valence-corrected chi connectivity index (χ2v) is 1.67. The molecule has 0 aliphatic rings. The Balaban J connectivity index is 3.97. The van der Waals surface area contributed by atoms with Crippen molar-refractivity contribution in [2.24, 2.45) is 0 Å². The van der Waals surface area contributed by atoms with Gasteiger partial charge in [0.1, 0.15) is 0 Å². The first-order valence-corrected chi connectivity index (χ1v) is 2.29. The molecule has 0 heterocycles. The molecule has 5 nitrogen and oxygen atoms in total. The van der Waals surface area contributed by atoms with Gasteiger partial charge in [-0.15, -0.1) is 0 Å². The maximum Gasteiger partial charge on any atom is 0.276 e. The Morgan fingerprint density at radius 2 is 1.50 bits per heavy atom. The first-order valence-electron chi connectivity index (χ1n) is 2.29. The molecule has 1 rings (SSSR count). The third-order valence-corrected chi connectivity index (χ3v) is 1.05. The second kappa shape index (κ2) is 1.66. The Morgan fingerprint density at radius 1 is 1.00 bits per heavy atom. The molecule has 0 spiro atoms. The molecule has 0 fully saturated rings. The van der Waals surface area contributed by atoms with Gasteiger partial charge in [0, 0.05) is 0 Å². The number of rotatable bonds is 0. The zero-order valence-electron chi connectivity index (χ0n) is 4.58. The monoisotopic (exact) mass is 141 g/mol. The molecule has 0 saturated carbocycles. The van der Waals surface area contributed by atoms with Gasteiger partial charge in [0.25, 0.3) is 10.9 Å². The molecule has 1 N–H and O–H groups in total. The molecule has 52 valence electrons. The van der Waals surface area contributed by atoms with Crippen LogP contribution in [0.2, 0.25) is 0 Å². The number of aromatic hydroxyl groups is 1. The minimum atomic E-state index is -1.46. The Morgan fingerprint density at radius 3 is 1.60 bits per heavy atom. The van der Waals surface area contributed by atoms with E-state index in [9.17, 15) is 19.5 Å². The van der Waals surface area contributed by atoms with E-state index in [1.807, 2.05) is 0 Å². The molecule has 0 amide bonds. The van der Waals surface area contributed by atoms with Crippen LogP contribution in [0.5, 0.6) is 11.5 Å². The predicted molar refractivity (Wildman–Crippen MR) is 28.7 cm³/mol. The smallest absolute Gasteiger partial charge is 0.276 e. The first-order chi connectivity index (χ1) is 4.55. The van der Waals surface area contributed by atoms with Crippen LogP contribution in [-0.2, 0) is 0 Å². The highest BCUT2D eigenvalue weighted by atomic mass is 16.3. The van der Waals surface area contributed by atoms with E-state index in [0.29, 0.717) is 0 Å². The lowest BCUT2D eigenvalue weighted by Gasteiger charge is -1.94. The van der Waals surface area contributed by atoms with Gasteiger partial charge in [0.05, 0.1) is 0 Å². The molecule has 1 aromatic rings. The normalized spacial score (nSPS) is 10.0. The summed E-state index contributed by atoms with van der Waals surface area (Å²) in [5, 5.41) is 18.6. The van der Waals surface area contributed by atoms with Crippen molar-refractivity contribution < 1.29 is 10.2 Å². The minimum absolute atomic E-state index is 1.27. The first kappa shape index (κ1) is 6.47. The van der Waals surface area contributed by atoms with E-state index in [1.54, 1.807) is 0 Å². The maximum atomic E-state index is 10.2. The van der Waals surface area contributed by atoms with Gasteiger partial charge in [-0.05, 0) is 5.75 Å². The van der Waals surface area contributed by atoms with E-state index < -0.39 is 27.8 Å².